The Labute approximate surface area is 175 Å². The van der Waals surface area contributed by atoms with Gasteiger partial charge in [0.05, 0.1) is 36.5 Å². The summed E-state index contributed by atoms with van der Waals surface area (Å²) in [6.45, 7) is 11.2. The first-order valence-corrected chi connectivity index (χ1v) is 11.0. The lowest BCUT2D eigenvalue weighted by atomic mass is 10.0. The van der Waals surface area contributed by atoms with Gasteiger partial charge >= 0.3 is 0 Å². The van der Waals surface area contributed by atoms with Crippen LogP contribution in [0.3, 0.4) is 0 Å². The molecule has 0 unspecified atom stereocenters. The number of ether oxygens (including phenoxy) is 1. The van der Waals surface area contributed by atoms with Gasteiger partial charge in [0.15, 0.2) is 5.13 Å². The number of para-hydroxylation sites is 1. The zero-order chi connectivity index (χ0) is 20.4. The first kappa shape index (κ1) is 20.0. The number of hydrogen-bond donors (Lipinski definition) is 1. The van der Waals surface area contributed by atoms with E-state index in [1.807, 2.05) is 30.0 Å². The third-order valence-corrected chi connectivity index (χ3v) is 6.63. The van der Waals surface area contributed by atoms with E-state index in [2.05, 4.69) is 32.0 Å². The molecule has 1 amide bonds. The summed E-state index contributed by atoms with van der Waals surface area (Å²) in [5.74, 6) is 0.0341. The minimum absolute atomic E-state index is 0.0341. The van der Waals surface area contributed by atoms with Crippen LogP contribution in [-0.2, 0) is 4.74 Å². The molecule has 4 rings (SSSR count). The minimum Gasteiger partial charge on any atom is -0.370 e. The van der Waals surface area contributed by atoms with Gasteiger partial charge in [-0.05, 0) is 44.0 Å². The van der Waals surface area contributed by atoms with Crippen LogP contribution in [0.25, 0.3) is 10.2 Å². The second-order valence-corrected chi connectivity index (χ2v) is 8.81. The topological polar surface area (TPSA) is 46.9 Å². The standard InChI is InChI=1S/C23H27N3O2S/c1-16-7-8-19(18(3)15-16)22(27)26(10-9-25-11-13-28-14-12-25)23-24-21-17(2)5-4-6-20(21)29-23/h4-8,15H,9-14H2,1-3H3/p+1. The van der Waals surface area contributed by atoms with Crippen molar-refractivity contribution in [2.24, 2.45) is 0 Å². The van der Waals surface area contributed by atoms with E-state index in [1.165, 1.54) is 10.5 Å². The van der Waals surface area contributed by atoms with Crippen molar-refractivity contribution < 1.29 is 14.4 Å². The number of carbonyl (C=O) groups is 1. The van der Waals surface area contributed by atoms with Crippen LogP contribution in [0.4, 0.5) is 5.13 Å². The molecule has 6 heteroatoms. The number of benzene rings is 2. The molecule has 5 nitrogen and oxygen atoms in total. The van der Waals surface area contributed by atoms with E-state index in [0.29, 0.717) is 6.54 Å². The van der Waals surface area contributed by atoms with Gasteiger partial charge in [0.1, 0.15) is 13.1 Å². The Morgan fingerprint density at radius 2 is 1.93 bits per heavy atom. The molecular formula is C23H28N3O2S+. The lowest BCUT2D eigenvalue weighted by Crippen LogP contribution is -3.14. The number of carbonyl (C=O) groups excluding carboxylic acids is 1. The Balaban J connectivity index is 1.67. The highest BCUT2D eigenvalue weighted by Crippen LogP contribution is 2.31. The minimum atomic E-state index is 0.0341. The summed E-state index contributed by atoms with van der Waals surface area (Å²) < 4.78 is 6.60. The number of morpholine rings is 1. The third-order valence-electron chi connectivity index (χ3n) is 5.59. The summed E-state index contributed by atoms with van der Waals surface area (Å²) in [7, 11) is 0. The van der Waals surface area contributed by atoms with Crippen molar-refractivity contribution in [3.05, 3.63) is 58.7 Å². The number of thiazole rings is 1. The molecule has 1 fully saturated rings. The molecule has 0 radical (unpaired) electrons. The van der Waals surface area contributed by atoms with Gasteiger partial charge < -0.3 is 9.64 Å². The van der Waals surface area contributed by atoms with E-state index in [9.17, 15) is 4.79 Å². The first-order chi connectivity index (χ1) is 14.0. The van der Waals surface area contributed by atoms with Crippen LogP contribution in [0.1, 0.15) is 27.0 Å². The number of aryl methyl sites for hydroxylation is 3. The molecule has 2 aromatic carbocycles. The van der Waals surface area contributed by atoms with Gasteiger partial charge in [0.2, 0.25) is 0 Å². The number of aromatic nitrogens is 1. The van der Waals surface area contributed by atoms with Crippen LogP contribution in [0, 0.1) is 20.8 Å². The number of amides is 1. The maximum atomic E-state index is 13.6. The van der Waals surface area contributed by atoms with Gasteiger partial charge in [-0.15, -0.1) is 0 Å². The smallest absolute Gasteiger partial charge is 0.260 e. The zero-order valence-electron chi connectivity index (χ0n) is 17.3. The van der Waals surface area contributed by atoms with Crippen molar-refractivity contribution in [1.29, 1.82) is 0 Å². The molecule has 29 heavy (non-hydrogen) atoms. The van der Waals surface area contributed by atoms with E-state index in [4.69, 9.17) is 9.72 Å². The predicted octanol–water partition coefficient (Wildman–Crippen LogP) is 2.78. The van der Waals surface area contributed by atoms with Gasteiger partial charge in [-0.2, -0.15) is 0 Å². The lowest BCUT2D eigenvalue weighted by Gasteiger charge is -2.27. The third kappa shape index (κ3) is 4.34. The largest absolute Gasteiger partial charge is 0.370 e. The van der Waals surface area contributed by atoms with Crippen molar-refractivity contribution >= 4 is 32.6 Å². The molecule has 1 aromatic heterocycles. The van der Waals surface area contributed by atoms with Gasteiger partial charge in [0.25, 0.3) is 5.91 Å². The molecule has 2 heterocycles. The van der Waals surface area contributed by atoms with Crippen molar-refractivity contribution in [3.63, 3.8) is 0 Å². The average molecular weight is 411 g/mol. The Kier molecular flexibility index (Phi) is 5.94. The molecular weight excluding hydrogens is 382 g/mol. The highest BCUT2D eigenvalue weighted by atomic mass is 32.1. The van der Waals surface area contributed by atoms with Crippen molar-refractivity contribution in [2.75, 3.05) is 44.3 Å². The quantitative estimate of drug-likeness (QED) is 0.704. The number of anilines is 1. The summed E-state index contributed by atoms with van der Waals surface area (Å²) in [4.78, 5) is 21.8. The maximum absolute atomic E-state index is 13.6. The molecule has 1 N–H and O–H groups in total. The molecule has 1 aliphatic rings. The molecule has 0 saturated carbocycles. The van der Waals surface area contributed by atoms with Crippen LogP contribution in [-0.4, -0.2) is 50.3 Å². The predicted molar refractivity (Wildman–Crippen MR) is 118 cm³/mol. The van der Waals surface area contributed by atoms with Crippen LogP contribution in [0.2, 0.25) is 0 Å². The van der Waals surface area contributed by atoms with E-state index in [-0.39, 0.29) is 5.91 Å². The summed E-state index contributed by atoms with van der Waals surface area (Å²) in [5, 5.41) is 0.784. The molecule has 0 spiro atoms. The van der Waals surface area contributed by atoms with Crippen LogP contribution < -0.4 is 9.80 Å². The number of quaternary nitrogens is 1. The monoisotopic (exact) mass is 410 g/mol. The molecule has 152 valence electrons. The Hall–Kier alpha value is -2.28. The summed E-state index contributed by atoms with van der Waals surface area (Å²) in [6, 6.07) is 12.2. The van der Waals surface area contributed by atoms with E-state index in [1.54, 1.807) is 11.3 Å². The number of fused-ring (bicyclic) bond motifs is 1. The second-order valence-electron chi connectivity index (χ2n) is 7.81. The second kappa shape index (κ2) is 8.61. The summed E-state index contributed by atoms with van der Waals surface area (Å²) in [5.41, 5.74) is 5.06. The number of rotatable bonds is 5. The highest BCUT2D eigenvalue weighted by molar-refractivity contribution is 7.22. The van der Waals surface area contributed by atoms with Gasteiger partial charge in [-0.25, -0.2) is 4.98 Å². The molecule has 3 aromatic rings. The Bertz CT molecular complexity index is 1020. The average Bonchev–Trinajstić information content (AvgIpc) is 3.14. The number of hydrogen-bond acceptors (Lipinski definition) is 4. The normalized spacial score (nSPS) is 15.0. The van der Waals surface area contributed by atoms with Crippen LogP contribution >= 0.6 is 11.3 Å². The Morgan fingerprint density at radius 1 is 1.14 bits per heavy atom. The fourth-order valence-electron chi connectivity index (χ4n) is 3.85. The molecule has 1 saturated heterocycles. The zero-order valence-corrected chi connectivity index (χ0v) is 18.1. The fourth-order valence-corrected chi connectivity index (χ4v) is 4.92. The molecule has 0 aliphatic carbocycles. The van der Waals surface area contributed by atoms with Gasteiger partial charge in [-0.3, -0.25) is 9.69 Å². The van der Waals surface area contributed by atoms with E-state index in [0.717, 1.165) is 64.9 Å². The van der Waals surface area contributed by atoms with E-state index < -0.39 is 0 Å². The highest BCUT2D eigenvalue weighted by Gasteiger charge is 2.25. The first-order valence-electron chi connectivity index (χ1n) is 10.2. The summed E-state index contributed by atoms with van der Waals surface area (Å²) >= 11 is 1.60. The van der Waals surface area contributed by atoms with Crippen molar-refractivity contribution in [3.8, 4) is 0 Å². The van der Waals surface area contributed by atoms with Crippen LogP contribution in [0.5, 0.6) is 0 Å². The van der Waals surface area contributed by atoms with E-state index >= 15 is 0 Å². The summed E-state index contributed by atoms with van der Waals surface area (Å²) in [6.07, 6.45) is 0. The number of nitrogens with one attached hydrogen (secondary N) is 1. The van der Waals surface area contributed by atoms with Crippen LogP contribution in [0.15, 0.2) is 36.4 Å². The molecule has 1 aliphatic heterocycles. The van der Waals surface area contributed by atoms with Gasteiger partial charge in [0, 0.05) is 5.56 Å². The SMILES string of the molecule is Cc1ccc(C(=O)N(CC[NH+]2CCOCC2)c2nc3c(C)cccc3s2)c(C)c1. The molecule has 0 bridgehead atoms. The molecule has 0 atom stereocenters. The van der Waals surface area contributed by atoms with Crippen molar-refractivity contribution in [2.45, 2.75) is 20.8 Å². The maximum Gasteiger partial charge on any atom is 0.260 e. The van der Waals surface area contributed by atoms with Gasteiger partial charge in [-0.1, -0.05) is 41.2 Å². The fraction of sp³-hybridized carbons (Fsp3) is 0.391. The van der Waals surface area contributed by atoms with Crippen molar-refractivity contribution in [1.82, 2.24) is 4.98 Å². The Morgan fingerprint density at radius 3 is 2.66 bits per heavy atom. The lowest BCUT2D eigenvalue weighted by molar-refractivity contribution is -0.906. The number of nitrogens with zero attached hydrogens (tertiary/aromatic N) is 2.